The standard InChI is InChI=1S/C29H26N4O6S2/c1-3-39-29(36)26-21-8-4-6-10-24(21)41-28(26)32-27(35)19(16-30)14-18-15-20(33(37)38)12-13-23(18)40-25-11-7-5-9-22(25)31-17(2)34/h5,7,9,11-15H,3-4,6,8,10H2,1-2H3,(H,31,34)(H,32,35). The molecular weight excluding hydrogens is 564 g/mol. The van der Waals surface area contributed by atoms with E-state index in [-0.39, 0.29) is 29.3 Å². The number of nitro benzene ring substituents is 1. The first kappa shape index (κ1) is 29.5. The number of nitrogens with zero attached hydrogens (tertiary/aromatic N) is 2. The van der Waals surface area contributed by atoms with Gasteiger partial charge in [-0.25, -0.2) is 4.79 Å². The lowest BCUT2D eigenvalue weighted by Gasteiger charge is -2.12. The molecule has 4 rings (SSSR count). The molecule has 0 radical (unpaired) electrons. The van der Waals surface area contributed by atoms with E-state index in [1.807, 2.05) is 6.07 Å². The van der Waals surface area contributed by atoms with Crippen LogP contribution in [0.4, 0.5) is 16.4 Å². The molecule has 2 N–H and O–H groups in total. The van der Waals surface area contributed by atoms with Crippen LogP contribution in [0.1, 0.15) is 53.1 Å². The second-order valence-electron chi connectivity index (χ2n) is 9.02. The highest BCUT2D eigenvalue weighted by Crippen LogP contribution is 2.40. The first-order valence-corrected chi connectivity index (χ1v) is 14.4. The Bertz CT molecular complexity index is 1600. The zero-order valence-corrected chi connectivity index (χ0v) is 23.9. The summed E-state index contributed by atoms with van der Waals surface area (Å²) in [6.07, 6.45) is 4.67. The third-order valence-electron chi connectivity index (χ3n) is 6.16. The topological polar surface area (TPSA) is 151 Å². The van der Waals surface area contributed by atoms with E-state index in [1.54, 1.807) is 31.2 Å². The lowest BCUT2D eigenvalue weighted by Crippen LogP contribution is -2.16. The van der Waals surface area contributed by atoms with E-state index < -0.39 is 16.8 Å². The van der Waals surface area contributed by atoms with Crippen LogP contribution in [0.3, 0.4) is 0 Å². The van der Waals surface area contributed by atoms with Crippen LogP contribution in [0.2, 0.25) is 0 Å². The number of aryl methyl sites for hydroxylation is 1. The van der Waals surface area contributed by atoms with Crippen molar-refractivity contribution in [3.63, 3.8) is 0 Å². The molecule has 41 heavy (non-hydrogen) atoms. The van der Waals surface area contributed by atoms with Crippen LogP contribution < -0.4 is 10.6 Å². The van der Waals surface area contributed by atoms with E-state index >= 15 is 0 Å². The van der Waals surface area contributed by atoms with Crippen molar-refractivity contribution < 1.29 is 24.0 Å². The molecule has 0 aliphatic heterocycles. The highest BCUT2D eigenvalue weighted by Gasteiger charge is 2.28. The lowest BCUT2D eigenvalue weighted by atomic mass is 9.95. The van der Waals surface area contributed by atoms with Gasteiger partial charge >= 0.3 is 5.97 Å². The number of benzene rings is 2. The minimum absolute atomic E-state index is 0.179. The number of nitro groups is 1. The predicted octanol–water partition coefficient (Wildman–Crippen LogP) is 6.37. The lowest BCUT2D eigenvalue weighted by molar-refractivity contribution is -0.384. The Kier molecular flexibility index (Phi) is 9.54. The third kappa shape index (κ3) is 7.00. The van der Waals surface area contributed by atoms with E-state index in [9.17, 15) is 29.8 Å². The molecule has 0 fully saturated rings. The van der Waals surface area contributed by atoms with Gasteiger partial charge in [0.1, 0.15) is 16.6 Å². The molecule has 1 aliphatic carbocycles. The molecule has 3 aromatic rings. The average molecular weight is 591 g/mol. The summed E-state index contributed by atoms with van der Waals surface area (Å²) in [6.45, 7) is 3.27. The number of amides is 2. The van der Waals surface area contributed by atoms with Crippen LogP contribution in [0.15, 0.2) is 57.8 Å². The number of para-hydroxylation sites is 1. The smallest absolute Gasteiger partial charge is 0.341 e. The minimum atomic E-state index is -0.752. The number of ether oxygens (including phenoxy) is 1. The largest absolute Gasteiger partial charge is 0.462 e. The Morgan fingerprint density at radius 1 is 1.15 bits per heavy atom. The molecule has 0 bridgehead atoms. The quantitative estimate of drug-likeness (QED) is 0.0959. The van der Waals surface area contributed by atoms with Gasteiger partial charge in [0.25, 0.3) is 11.6 Å². The highest BCUT2D eigenvalue weighted by atomic mass is 32.2. The van der Waals surface area contributed by atoms with Gasteiger partial charge in [0, 0.05) is 33.7 Å². The maximum Gasteiger partial charge on any atom is 0.341 e. The van der Waals surface area contributed by atoms with Crippen molar-refractivity contribution in [3.05, 3.63) is 79.7 Å². The van der Waals surface area contributed by atoms with Crippen LogP contribution in [-0.4, -0.2) is 29.3 Å². The summed E-state index contributed by atoms with van der Waals surface area (Å²) in [5.74, 6) is -1.54. The van der Waals surface area contributed by atoms with Crippen LogP contribution in [0, 0.1) is 21.4 Å². The molecule has 1 aromatic heterocycles. The first-order chi connectivity index (χ1) is 19.7. The number of carbonyl (C=O) groups excluding carboxylic acids is 3. The van der Waals surface area contributed by atoms with Crippen LogP contribution in [-0.2, 0) is 27.2 Å². The molecule has 0 saturated heterocycles. The zero-order valence-electron chi connectivity index (χ0n) is 22.3. The fourth-order valence-electron chi connectivity index (χ4n) is 4.37. The third-order valence-corrected chi connectivity index (χ3v) is 8.54. The SMILES string of the molecule is CCOC(=O)c1c(NC(=O)C(C#N)=Cc2cc([N+](=O)[O-])ccc2Sc2ccccc2NC(C)=O)sc2c1CCCC2. The Labute approximate surface area is 244 Å². The summed E-state index contributed by atoms with van der Waals surface area (Å²) >= 11 is 2.52. The van der Waals surface area contributed by atoms with Crippen molar-refractivity contribution in [2.24, 2.45) is 0 Å². The van der Waals surface area contributed by atoms with E-state index in [0.717, 1.165) is 29.7 Å². The summed E-state index contributed by atoms with van der Waals surface area (Å²) in [5.41, 5.74) is 1.48. The van der Waals surface area contributed by atoms with Gasteiger partial charge in [-0.05, 0) is 68.0 Å². The average Bonchev–Trinajstić information content (AvgIpc) is 3.30. The summed E-state index contributed by atoms with van der Waals surface area (Å²) in [4.78, 5) is 50.9. The molecular formula is C29H26N4O6S2. The molecule has 1 heterocycles. The van der Waals surface area contributed by atoms with Crippen LogP contribution in [0.5, 0.6) is 0 Å². The summed E-state index contributed by atoms with van der Waals surface area (Å²) in [5, 5.41) is 27.2. The molecule has 210 valence electrons. The number of esters is 1. The molecule has 0 atom stereocenters. The molecule has 2 amide bonds. The van der Waals surface area contributed by atoms with Crippen molar-refractivity contribution >= 4 is 63.3 Å². The van der Waals surface area contributed by atoms with Crippen molar-refractivity contribution in [1.29, 1.82) is 5.26 Å². The van der Waals surface area contributed by atoms with Crippen molar-refractivity contribution in [2.75, 3.05) is 17.2 Å². The maximum atomic E-state index is 13.3. The van der Waals surface area contributed by atoms with E-state index in [2.05, 4.69) is 10.6 Å². The number of nitrogens with one attached hydrogen (secondary N) is 2. The number of rotatable bonds is 9. The van der Waals surface area contributed by atoms with Gasteiger partial charge in [-0.2, -0.15) is 5.26 Å². The van der Waals surface area contributed by atoms with Crippen molar-refractivity contribution in [1.82, 2.24) is 0 Å². The fourth-order valence-corrected chi connectivity index (χ4v) is 6.63. The number of hydrogen-bond donors (Lipinski definition) is 2. The molecule has 0 spiro atoms. The number of non-ortho nitro benzene ring substituents is 1. The number of anilines is 2. The van der Waals surface area contributed by atoms with Gasteiger partial charge in [-0.1, -0.05) is 23.9 Å². The molecule has 10 nitrogen and oxygen atoms in total. The number of hydrogen-bond acceptors (Lipinski definition) is 9. The number of thiophene rings is 1. The first-order valence-electron chi connectivity index (χ1n) is 12.8. The van der Waals surface area contributed by atoms with E-state index in [0.29, 0.717) is 32.5 Å². The van der Waals surface area contributed by atoms with Crippen LogP contribution >= 0.6 is 23.1 Å². The normalized spacial score (nSPS) is 12.6. The summed E-state index contributed by atoms with van der Waals surface area (Å²) < 4.78 is 5.24. The predicted molar refractivity (Wildman–Crippen MR) is 157 cm³/mol. The van der Waals surface area contributed by atoms with Crippen molar-refractivity contribution in [3.8, 4) is 6.07 Å². The monoisotopic (exact) mass is 590 g/mol. The Balaban J connectivity index is 1.71. The minimum Gasteiger partial charge on any atom is -0.462 e. The number of fused-ring (bicyclic) bond motifs is 1. The fraction of sp³-hybridized carbons (Fsp3) is 0.241. The van der Waals surface area contributed by atoms with Gasteiger partial charge in [0.15, 0.2) is 0 Å². The highest BCUT2D eigenvalue weighted by molar-refractivity contribution is 7.99. The van der Waals surface area contributed by atoms with Crippen LogP contribution in [0.25, 0.3) is 6.08 Å². The molecule has 1 aliphatic rings. The number of nitriles is 1. The second-order valence-corrected chi connectivity index (χ2v) is 11.2. The molecule has 12 heteroatoms. The Morgan fingerprint density at radius 3 is 2.61 bits per heavy atom. The second kappa shape index (κ2) is 13.3. The van der Waals surface area contributed by atoms with Crippen molar-refractivity contribution in [2.45, 2.75) is 49.3 Å². The molecule has 0 unspecified atom stereocenters. The van der Waals surface area contributed by atoms with Gasteiger partial charge in [0.2, 0.25) is 5.91 Å². The van der Waals surface area contributed by atoms with Gasteiger partial charge in [-0.3, -0.25) is 19.7 Å². The maximum absolute atomic E-state index is 13.3. The molecule has 0 saturated carbocycles. The van der Waals surface area contributed by atoms with Gasteiger partial charge in [-0.15, -0.1) is 11.3 Å². The van der Waals surface area contributed by atoms with E-state index in [4.69, 9.17) is 4.74 Å². The van der Waals surface area contributed by atoms with Gasteiger partial charge < -0.3 is 15.4 Å². The molecule has 2 aromatic carbocycles. The summed E-state index contributed by atoms with van der Waals surface area (Å²) in [7, 11) is 0. The number of carbonyl (C=O) groups is 3. The summed E-state index contributed by atoms with van der Waals surface area (Å²) in [6, 6.07) is 13.1. The van der Waals surface area contributed by atoms with E-state index in [1.165, 1.54) is 54.3 Å². The van der Waals surface area contributed by atoms with Gasteiger partial charge in [0.05, 0.1) is 22.8 Å². The zero-order chi connectivity index (χ0) is 29.5. The Hall–Kier alpha value is -4.47. The Morgan fingerprint density at radius 2 is 1.90 bits per heavy atom.